The van der Waals surface area contributed by atoms with Crippen molar-refractivity contribution < 1.29 is 14.2 Å². The van der Waals surface area contributed by atoms with Crippen LogP contribution in [-0.4, -0.2) is 32.9 Å². The van der Waals surface area contributed by atoms with Gasteiger partial charge in [0.05, 0.1) is 27.9 Å². The van der Waals surface area contributed by atoms with Crippen LogP contribution in [-0.2, 0) is 6.54 Å². The number of H-pyrrole nitrogens is 1. The van der Waals surface area contributed by atoms with Crippen LogP contribution >= 0.6 is 0 Å². The maximum atomic E-state index is 5.56. The molecule has 0 saturated heterocycles. The summed E-state index contributed by atoms with van der Waals surface area (Å²) in [5.41, 5.74) is 3.47. The van der Waals surface area contributed by atoms with Crippen LogP contribution < -0.4 is 19.1 Å². The number of anilines is 1. The normalized spacial score (nSPS) is 11.5. The number of para-hydroxylation sites is 1. The third-order valence-corrected chi connectivity index (χ3v) is 4.63. The summed E-state index contributed by atoms with van der Waals surface area (Å²) in [6.07, 6.45) is 0. The summed E-state index contributed by atoms with van der Waals surface area (Å²) in [6.45, 7) is 8.35. The van der Waals surface area contributed by atoms with Crippen LogP contribution in [0, 0.1) is 5.41 Å². The summed E-state index contributed by atoms with van der Waals surface area (Å²) < 4.78 is 16.6. The molecule has 0 radical (unpaired) electrons. The van der Waals surface area contributed by atoms with Crippen molar-refractivity contribution in [2.24, 2.45) is 5.41 Å². The Morgan fingerprint density at radius 2 is 1.54 bits per heavy atom. The Kier molecular flexibility index (Phi) is 5.73. The van der Waals surface area contributed by atoms with Gasteiger partial charge in [-0.15, -0.1) is 0 Å². The van der Waals surface area contributed by atoms with Crippen LogP contribution in [0.15, 0.2) is 42.5 Å². The van der Waals surface area contributed by atoms with E-state index in [2.05, 4.69) is 61.0 Å². The van der Waals surface area contributed by atoms with Gasteiger partial charge in [-0.2, -0.15) is 0 Å². The van der Waals surface area contributed by atoms with Crippen molar-refractivity contribution in [2.75, 3.05) is 32.8 Å². The number of aromatic amines is 1. The van der Waals surface area contributed by atoms with Gasteiger partial charge in [-0.05, 0) is 22.9 Å². The Morgan fingerprint density at radius 1 is 0.893 bits per heavy atom. The number of rotatable bonds is 7. The SMILES string of the molecule is COc1cc(N(Cc2cc3ccccc3[nH]2)CC(C)(C)C)cc(OC)c1OC. The molecule has 0 fully saturated rings. The smallest absolute Gasteiger partial charge is 0.203 e. The minimum absolute atomic E-state index is 0.117. The van der Waals surface area contributed by atoms with E-state index >= 15 is 0 Å². The number of benzene rings is 2. The van der Waals surface area contributed by atoms with Crippen LogP contribution in [0.2, 0.25) is 0 Å². The highest BCUT2D eigenvalue weighted by Crippen LogP contribution is 2.41. The zero-order valence-electron chi connectivity index (χ0n) is 17.6. The van der Waals surface area contributed by atoms with Gasteiger partial charge in [0.15, 0.2) is 11.5 Å². The van der Waals surface area contributed by atoms with Crippen molar-refractivity contribution in [3.63, 3.8) is 0 Å². The Hall–Kier alpha value is -2.82. The number of ether oxygens (including phenoxy) is 3. The van der Waals surface area contributed by atoms with Crippen LogP contribution in [0.25, 0.3) is 10.9 Å². The fraction of sp³-hybridized carbons (Fsp3) is 0.391. The van der Waals surface area contributed by atoms with E-state index in [1.165, 1.54) is 11.1 Å². The number of methoxy groups -OCH3 is 3. The molecule has 1 aromatic heterocycles. The quantitative estimate of drug-likeness (QED) is 0.606. The first-order valence-electron chi connectivity index (χ1n) is 9.46. The summed E-state index contributed by atoms with van der Waals surface area (Å²) in [5, 5.41) is 1.22. The molecule has 0 atom stereocenters. The van der Waals surface area contributed by atoms with E-state index in [0.29, 0.717) is 17.2 Å². The van der Waals surface area contributed by atoms with E-state index in [1.54, 1.807) is 21.3 Å². The lowest BCUT2D eigenvalue weighted by molar-refractivity contribution is 0.324. The molecule has 5 nitrogen and oxygen atoms in total. The van der Waals surface area contributed by atoms with Crippen molar-refractivity contribution in [3.05, 3.63) is 48.2 Å². The predicted molar refractivity (Wildman–Crippen MR) is 115 cm³/mol. The number of hydrogen-bond acceptors (Lipinski definition) is 4. The number of aromatic nitrogens is 1. The fourth-order valence-electron chi connectivity index (χ4n) is 3.49. The molecule has 150 valence electrons. The molecule has 5 heteroatoms. The largest absolute Gasteiger partial charge is 0.493 e. The highest BCUT2D eigenvalue weighted by atomic mass is 16.5. The minimum Gasteiger partial charge on any atom is -0.493 e. The topological polar surface area (TPSA) is 46.7 Å². The molecule has 0 aliphatic carbocycles. The van der Waals surface area contributed by atoms with Gasteiger partial charge in [-0.3, -0.25) is 0 Å². The van der Waals surface area contributed by atoms with Crippen molar-refractivity contribution >= 4 is 16.6 Å². The third-order valence-electron chi connectivity index (χ3n) is 4.63. The maximum Gasteiger partial charge on any atom is 0.203 e. The first-order chi connectivity index (χ1) is 13.3. The van der Waals surface area contributed by atoms with Gasteiger partial charge in [0.25, 0.3) is 0 Å². The second-order valence-electron chi connectivity index (χ2n) is 8.18. The first kappa shape index (κ1) is 19.9. The summed E-state index contributed by atoms with van der Waals surface area (Å²) in [7, 11) is 4.91. The Labute approximate surface area is 167 Å². The average Bonchev–Trinajstić information content (AvgIpc) is 3.07. The van der Waals surface area contributed by atoms with Crippen LogP contribution in [0.4, 0.5) is 5.69 Å². The Balaban J connectivity index is 2.02. The highest BCUT2D eigenvalue weighted by Gasteiger charge is 2.22. The number of hydrogen-bond donors (Lipinski definition) is 1. The summed E-state index contributed by atoms with van der Waals surface area (Å²) >= 11 is 0. The number of nitrogens with zero attached hydrogens (tertiary/aromatic N) is 1. The number of fused-ring (bicyclic) bond motifs is 1. The molecule has 0 bridgehead atoms. The van der Waals surface area contributed by atoms with Crippen molar-refractivity contribution in [1.82, 2.24) is 4.98 Å². The summed E-state index contributed by atoms with van der Waals surface area (Å²) in [5.74, 6) is 1.93. The zero-order chi connectivity index (χ0) is 20.3. The lowest BCUT2D eigenvalue weighted by Crippen LogP contribution is -2.32. The van der Waals surface area contributed by atoms with Gasteiger partial charge >= 0.3 is 0 Å². The second kappa shape index (κ2) is 8.05. The Morgan fingerprint density at radius 3 is 2.07 bits per heavy atom. The van der Waals surface area contributed by atoms with Crippen molar-refractivity contribution in [1.29, 1.82) is 0 Å². The monoisotopic (exact) mass is 382 g/mol. The maximum absolute atomic E-state index is 5.56. The standard InChI is InChI=1S/C23H30N2O3/c1-23(2,3)15-25(14-17-11-16-9-7-8-10-19(16)24-17)18-12-20(26-4)22(28-6)21(13-18)27-5/h7-13,24H,14-15H2,1-6H3. The van der Waals surface area contributed by atoms with Crippen LogP contribution in [0.1, 0.15) is 26.5 Å². The van der Waals surface area contributed by atoms with Gasteiger partial charge in [-0.25, -0.2) is 0 Å². The summed E-state index contributed by atoms with van der Waals surface area (Å²) in [4.78, 5) is 5.87. The van der Waals surface area contributed by atoms with Gasteiger partial charge in [0, 0.05) is 35.6 Å². The third kappa shape index (κ3) is 4.35. The van der Waals surface area contributed by atoms with E-state index in [4.69, 9.17) is 14.2 Å². The van der Waals surface area contributed by atoms with Gasteiger partial charge in [-0.1, -0.05) is 39.0 Å². The van der Waals surface area contributed by atoms with E-state index in [9.17, 15) is 0 Å². The van der Waals surface area contributed by atoms with Crippen LogP contribution in [0.3, 0.4) is 0 Å². The zero-order valence-corrected chi connectivity index (χ0v) is 17.6. The van der Waals surface area contributed by atoms with Crippen molar-refractivity contribution in [3.8, 4) is 17.2 Å². The average molecular weight is 383 g/mol. The van der Waals surface area contributed by atoms with E-state index < -0.39 is 0 Å². The molecule has 0 aliphatic heterocycles. The first-order valence-corrected chi connectivity index (χ1v) is 9.46. The lowest BCUT2D eigenvalue weighted by Gasteiger charge is -2.32. The van der Waals surface area contributed by atoms with Crippen LogP contribution in [0.5, 0.6) is 17.2 Å². The molecule has 28 heavy (non-hydrogen) atoms. The van der Waals surface area contributed by atoms with E-state index in [-0.39, 0.29) is 5.41 Å². The Bertz CT molecular complexity index is 882. The molecule has 3 rings (SSSR count). The molecule has 3 aromatic rings. The van der Waals surface area contributed by atoms with E-state index in [0.717, 1.165) is 24.3 Å². The molecule has 0 unspecified atom stereocenters. The van der Waals surface area contributed by atoms with Crippen molar-refractivity contribution in [2.45, 2.75) is 27.3 Å². The van der Waals surface area contributed by atoms with Gasteiger partial charge < -0.3 is 24.1 Å². The summed E-state index contributed by atoms with van der Waals surface area (Å²) in [6, 6.07) is 14.6. The predicted octanol–water partition coefficient (Wildman–Crippen LogP) is 5.25. The molecular formula is C23H30N2O3. The minimum atomic E-state index is 0.117. The molecule has 0 spiro atoms. The molecule has 1 heterocycles. The van der Waals surface area contributed by atoms with Gasteiger partial charge in [0.1, 0.15) is 0 Å². The second-order valence-corrected chi connectivity index (χ2v) is 8.18. The molecule has 0 aliphatic rings. The lowest BCUT2D eigenvalue weighted by atomic mass is 9.95. The molecule has 0 amide bonds. The molecule has 0 saturated carbocycles. The molecule has 2 aromatic carbocycles. The molecular weight excluding hydrogens is 352 g/mol. The molecule has 1 N–H and O–H groups in total. The fourth-order valence-corrected chi connectivity index (χ4v) is 3.49. The number of nitrogens with one attached hydrogen (secondary N) is 1. The van der Waals surface area contributed by atoms with E-state index in [1.807, 2.05) is 12.1 Å². The van der Waals surface area contributed by atoms with Gasteiger partial charge in [0.2, 0.25) is 5.75 Å². The highest BCUT2D eigenvalue weighted by molar-refractivity contribution is 5.80.